The number of carbonyl (C=O) groups is 1. The lowest BCUT2D eigenvalue weighted by Gasteiger charge is -2.23. The van der Waals surface area contributed by atoms with Gasteiger partial charge in [0, 0.05) is 18.3 Å². The number of ether oxygens (including phenoxy) is 1. The number of amides is 1. The van der Waals surface area contributed by atoms with Crippen molar-refractivity contribution >= 4 is 21.4 Å². The third-order valence-electron chi connectivity index (χ3n) is 5.83. The van der Waals surface area contributed by atoms with Crippen molar-refractivity contribution in [2.24, 2.45) is 0 Å². The second-order valence-electron chi connectivity index (χ2n) is 8.03. The Balaban J connectivity index is 1.39. The van der Waals surface area contributed by atoms with E-state index in [0.717, 1.165) is 30.5 Å². The normalized spacial score (nSPS) is 22.5. The molecule has 1 amide bonds. The first-order valence-electron chi connectivity index (χ1n) is 9.92. The van der Waals surface area contributed by atoms with Gasteiger partial charge in [0.05, 0.1) is 10.6 Å². The lowest BCUT2D eigenvalue weighted by Crippen LogP contribution is -2.30. The molecule has 0 spiro atoms. The minimum absolute atomic E-state index is 0.0643. The van der Waals surface area contributed by atoms with Crippen LogP contribution in [0, 0.1) is 0 Å². The summed E-state index contributed by atoms with van der Waals surface area (Å²) in [6.07, 6.45) is 4.41. The Labute approximate surface area is 171 Å². The van der Waals surface area contributed by atoms with Crippen LogP contribution in [-0.4, -0.2) is 33.2 Å². The zero-order valence-corrected chi connectivity index (χ0v) is 17.5. The Morgan fingerprint density at radius 3 is 2.62 bits per heavy atom. The summed E-state index contributed by atoms with van der Waals surface area (Å²) in [6, 6.07) is 13.8. The summed E-state index contributed by atoms with van der Waals surface area (Å²) in [4.78, 5) is 11.9. The van der Waals surface area contributed by atoms with Crippen LogP contribution < -0.4 is 15.4 Å². The highest BCUT2D eigenvalue weighted by Gasteiger charge is 2.27. The molecule has 29 heavy (non-hydrogen) atoms. The summed E-state index contributed by atoms with van der Waals surface area (Å²) in [5.74, 6) is 1.01. The molecule has 0 aromatic heterocycles. The number of hydrogen-bond acceptors (Lipinski definition) is 5. The maximum atomic E-state index is 11.6. The molecule has 6 nitrogen and oxygen atoms in total. The quantitative estimate of drug-likeness (QED) is 0.783. The van der Waals surface area contributed by atoms with Crippen LogP contribution in [0.5, 0.6) is 5.75 Å². The van der Waals surface area contributed by atoms with Crippen LogP contribution in [0.4, 0.5) is 5.69 Å². The molecule has 1 fully saturated rings. The Bertz CT molecular complexity index is 1020. The maximum absolute atomic E-state index is 11.6. The molecule has 1 aliphatic heterocycles. The molecular formula is C22H26N2O4S. The fourth-order valence-corrected chi connectivity index (χ4v) is 4.87. The third kappa shape index (κ3) is 4.46. The fourth-order valence-electron chi connectivity index (χ4n) is 4.24. The Morgan fingerprint density at radius 2 is 1.90 bits per heavy atom. The van der Waals surface area contributed by atoms with E-state index in [1.165, 1.54) is 11.8 Å². The van der Waals surface area contributed by atoms with Gasteiger partial charge in [-0.15, -0.1) is 0 Å². The van der Waals surface area contributed by atoms with Gasteiger partial charge < -0.3 is 15.4 Å². The lowest BCUT2D eigenvalue weighted by atomic mass is 9.97. The minimum Gasteiger partial charge on any atom is -0.482 e. The number of anilines is 1. The second-order valence-corrected chi connectivity index (χ2v) is 10.0. The van der Waals surface area contributed by atoms with E-state index in [2.05, 4.69) is 17.6 Å². The molecule has 2 unspecified atom stereocenters. The molecule has 2 aliphatic rings. The average molecular weight is 415 g/mol. The first-order valence-corrected chi connectivity index (χ1v) is 11.8. The Kier molecular flexibility index (Phi) is 5.36. The number of hydrogen-bond donors (Lipinski definition) is 2. The molecule has 0 saturated heterocycles. The molecule has 1 heterocycles. The Hall–Kier alpha value is -2.38. The maximum Gasteiger partial charge on any atom is 0.262 e. The van der Waals surface area contributed by atoms with Gasteiger partial charge >= 0.3 is 0 Å². The molecule has 3 atom stereocenters. The highest BCUT2D eigenvalue weighted by atomic mass is 32.2. The average Bonchev–Trinajstić information content (AvgIpc) is 3.15. The highest BCUT2D eigenvalue weighted by molar-refractivity contribution is 7.90. The van der Waals surface area contributed by atoms with Crippen molar-refractivity contribution in [1.29, 1.82) is 0 Å². The van der Waals surface area contributed by atoms with E-state index in [1.807, 2.05) is 30.3 Å². The van der Waals surface area contributed by atoms with E-state index in [0.29, 0.717) is 22.6 Å². The van der Waals surface area contributed by atoms with Crippen molar-refractivity contribution in [3.8, 4) is 5.75 Å². The van der Waals surface area contributed by atoms with Crippen molar-refractivity contribution in [3.05, 3.63) is 53.6 Å². The number of carbonyl (C=O) groups excluding carboxylic acids is 1. The number of sulfone groups is 1. The summed E-state index contributed by atoms with van der Waals surface area (Å²) < 4.78 is 28.7. The van der Waals surface area contributed by atoms with E-state index >= 15 is 0 Å². The topological polar surface area (TPSA) is 84.5 Å². The molecule has 2 aromatic carbocycles. The van der Waals surface area contributed by atoms with Crippen LogP contribution in [0.3, 0.4) is 0 Å². The number of fused-ring (bicyclic) bond motifs is 1. The second kappa shape index (κ2) is 7.80. The highest BCUT2D eigenvalue weighted by Crippen LogP contribution is 2.36. The molecule has 1 aliphatic carbocycles. The van der Waals surface area contributed by atoms with Crippen molar-refractivity contribution in [2.45, 2.75) is 49.1 Å². The predicted molar refractivity (Wildman–Crippen MR) is 112 cm³/mol. The summed E-state index contributed by atoms with van der Waals surface area (Å²) in [7, 11) is -3.16. The number of benzene rings is 2. The van der Waals surface area contributed by atoms with Gasteiger partial charge in [0.2, 0.25) is 0 Å². The van der Waals surface area contributed by atoms with Crippen molar-refractivity contribution in [3.63, 3.8) is 0 Å². The minimum atomic E-state index is -3.16. The first kappa shape index (κ1) is 19.9. The monoisotopic (exact) mass is 414 g/mol. The van der Waals surface area contributed by atoms with Gasteiger partial charge in [-0.1, -0.05) is 18.2 Å². The number of nitrogens with one attached hydrogen (secondary N) is 2. The van der Waals surface area contributed by atoms with Crippen LogP contribution in [-0.2, 0) is 14.6 Å². The zero-order chi connectivity index (χ0) is 20.6. The predicted octanol–water partition coefficient (Wildman–Crippen LogP) is 3.41. The van der Waals surface area contributed by atoms with Gasteiger partial charge in [-0.25, -0.2) is 8.42 Å². The van der Waals surface area contributed by atoms with Crippen molar-refractivity contribution in [2.75, 3.05) is 18.2 Å². The molecule has 2 aromatic rings. The van der Waals surface area contributed by atoms with E-state index < -0.39 is 9.84 Å². The molecule has 1 saturated carbocycles. The van der Waals surface area contributed by atoms with Gasteiger partial charge in [-0.05, 0) is 67.5 Å². The van der Waals surface area contributed by atoms with E-state index in [4.69, 9.17) is 4.74 Å². The third-order valence-corrected chi connectivity index (χ3v) is 6.96. The molecule has 2 N–H and O–H groups in total. The molecule has 7 heteroatoms. The lowest BCUT2D eigenvalue weighted by molar-refractivity contribution is -0.118. The summed E-state index contributed by atoms with van der Waals surface area (Å²) in [6.45, 7) is 2.19. The molecule has 154 valence electrons. The van der Waals surface area contributed by atoms with Crippen LogP contribution in [0.15, 0.2) is 47.4 Å². The molecular weight excluding hydrogens is 388 g/mol. The summed E-state index contributed by atoms with van der Waals surface area (Å²) in [5, 5.41) is 6.56. The van der Waals surface area contributed by atoms with Gasteiger partial charge in [0.1, 0.15) is 5.75 Å². The van der Waals surface area contributed by atoms with Crippen molar-refractivity contribution in [1.82, 2.24) is 5.32 Å². The standard InChI is InChI=1S/C22H26N2O4S/c1-14(16-6-10-21-20(12-16)24-22(25)13-28-21)23-18-7-3-17(11-18)15-4-8-19(9-5-15)29(2,26)27/h4-6,8-10,12,14,17-18,23H,3,7,11,13H2,1-2H3,(H,24,25)/t14?,17-,18?/m0/s1. The van der Waals surface area contributed by atoms with Crippen LogP contribution in [0.2, 0.25) is 0 Å². The van der Waals surface area contributed by atoms with Crippen molar-refractivity contribution < 1.29 is 17.9 Å². The van der Waals surface area contributed by atoms with Crippen LogP contribution in [0.1, 0.15) is 49.3 Å². The van der Waals surface area contributed by atoms with E-state index in [1.54, 1.807) is 12.1 Å². The van der Waals surface area contributed by atoms with Gasteiger partial charge in [0.15, 0.2) is 16.4 Å². The molecule has 4 rings (SSSR count). The largest absolute Gasteiger partial charge is 0.482 e. The van der Waals surface area contributed by atoms with Gasteiger partial charge in [-0.3, -0.25) is 4.79 Å². The van der Waals surface area contributed by atoms with Gasteiger partial charge in [0.25, 0.3) is 5.91 Å². The van der Waals surface area contributed by atoms with Crippen LogP contribution >= 0.6 is 0 Å². The van der Waals surface area contributed by atoms with Crippen LogP contribution in [0.25, 0.3) is 0 Å². The zero-order valence-electron chi connectivity index (χ0n) is 16.6. The smallest absolute Gasteiger partial charge is 0.262 e. The van der Waals surface area contributed by atoms with E-state index in [-0.39, 0.29) is 18.6 Å². The summed E-state index contributed by atoms with van der Waals surface area (Å²) in [5.41, 5.74) is 3.03. The molecule has 0 radical (unpaired) electrons. The fraction of sp³-hybridized carbons (Fsp3) is 0.409. The number of rotatable bonds is 5. The van der Waals surface area contributed by atoms with Gasteiger partial charge in [-0.2, -0.15) is 0 Å². The Morgan fingerprint density at radius 1 is 1.14 bits per heavy atom. The first-order chi connectivity index (χ1) is 13.8. The molecule has 0 bridgehead atoms. The van der Waals surface area contributed by atoms with E-state index in [9.17, 15) is 13.2 Å². The summed E-state index contributed by atoms with van der Waals surface area (Å²) >= 11 is 0. The SMILES string of the molecule is CC(NC1CC[C@H](c2ccc(S(C)(=O)=O)cc2)C1)c1ccc2c(c1)NC(=O)CO2.